The molecule has 7 heteroatoms. The van der Waals surface area contributed by atoms with E-state index in [0.29, 0.717) is 15.6 Å². The second-order valence-electron chi connectivity index (χ2n) is 4.96. The van der Waals surface area contributed by atoms with Crippen molar-refractivity contribution in [3.8, 4) is 0 Å². The van der Waals surface area contributed by atoms with Gasteiger partial charge in [-0.2, -0.15) is 0 Å². The largest absolute Gasteiger partial charge is 0.388 e. The van der Waals surface area contributed by atoms with Gasteiger partial charge in [0.1, 0.15) is 0 Å². The lowest BCUT2D eigenvalue weighted by Crippen LogP contribution is -2.38. The van der Waals surface area contributed by atoms with Crippen LogP contribution in [0.2, 0.25) is 10.0 Å². The van der Waals surface area contributed by atoms with Crippen molar-refractivity contribution in [2.75, 3.05) is 27.7 Å². The van der Waals surface area contributed by atoms with Crippen LogP contribution >= 0.6 is 23.2 Å². The Morgan fingerprint density at radius 1 is 1.10 bits per heavy atom. The number of carbonyl (C=O) groups is 2. The number of hydrogen-bond acceptors (Lipinski definition) is 3. The fourth-order valence-corrected chi connectivity index (χ4v) is 2.18. The Morgan fingerprint density at radius 2 is 1.62 bits per heavy atom. The van der Waals surface area contributed by atoms with Crippen molar-refractivity contribution >= 4 is 35.0 Å². The summed E-state index contributed by atoms with van der Waals surface area (Å²) >= 11 is 11.7. The highest BCUT2D eigenvalue weighted by molar-refractivity contribution is 6.34. The number of nitrogens with zero attached hydrogens (tertiary/aromatic N) is 2. The molecule has 0 heterocycles. The molecule has 1 N–H and O–H groups in total. The maximum Gasteiger partial charge on any atom is 0.241 e. The molecule has 1 aromatic carbocycles. The van der Waals surface area contributed by atoms with Crippen LogP contribution in [0, 0.1) is 0 Å². The van der Waals surface area contributed by atoms with Crippen molar-refractivity contribution in [3.05, 3.63) is 33.8 Å². The molecule has 0 aromatic heterocycles. The Kier molecular flexibility index (Phi) is 6.45. The smallest absolute Gasteiger partial charge is 0.241 e. The van der Waals surface area contributed by atoms with Gasteiger partial charge in [0.25, 0.3) is 0 Å². The molecule has 0 aliphatic heterocycles. The molecule has 1 atom stereocenters. The highest BCUT2D eigenvalue weighted by atomic mass is 35.5. The normalized spacial score (nSPS) is 11.9. The second kappa shape index (κ2) is 7.64. The minimum absolute atomic E-state index is 0.0329. The number of aliphatic hydroxyl groups is 1. The summed E-state index contributed by atoms with van der Waals surface area (Å²) in [6.07, 6.45) is -1.17. The summed E-state index contributed by atoms with van der Waals surface area (Å²) in [5.41, 5.74) is 0.466. The molecule has 0 aliphatic carbocycles. The third kappa shape index (κ3) is 5.53. The lowest BCUT2D eigenvalue weighted by atomic mass is 10.1. The van der Waals surface area contributed by atoms with Crippen LogP contribution in [0.4, 0.5) is 0 Å². The summed E-state index contributed by atoms with van der Waals surface area (Å²) < 4.78 is 0. The molecule has 116 valence electrons. The first-order valence-corrected chi connectivity index (χ1v) is 7.04. The quantitative estimate of drug-likeness (QED) is 0.896. The van der Waals surface area contributed by atoms with E-state index in [9.17, 15) is 14.7 Å². The van der Waals surface area contributed by atoms with Crippen molar-refractivity contribution in [3.63, 3.8) is 0 Å². The Hall–Kier alpha value is -1.30. The monoisotopic (exact) mass is 332 g/mol. The summed E-state index contributed by atoms with van der Waals surface area (Å²) in [7, 11) is 4.74. The molecule has 1 rings (SSSR count). The van der Waals surface area contributed by atoms with Gasteiger partial charge in [0.2, 0.25) is 11.8 Å². The number of hydrogen-bond donors (Lipinski definition) is 1. The highest BCUT2D eigenvalue weighted by Crippen LogP contribution is 2.25. The number of amides is 2. The van der Waals surface area contributed by atoms with E-state index < -0.39 is 6.10 Å². The lowest BCUT2D eigenvalue weighted by Gasteiger charge is -2.21. The predicted molar refractivity (Wildman–Crippen MR) is 82.4 cm³/mol. The molecule has 5 nitrogen and oxygen atoms in total. The van der Waals surface area contributed by atoms with Crippen LogP contribution < -0.4 is 0 Å². The molecule has 0 radical (unpaired) electrons. The second-order valence-corrected chi connectivity index (χ2v) is 5.83. The summed E-state index contributed by atoms with van der Waals surface area (Å²) in [6, 6.07) is 4.65. The molecular weight excluding hydrogens is 315 g/mol. The molecule has 21 heavy (non-hydrogen) atoms. The third-order valence-corrected chi connectivity index (χ3v) is 3.37. The van der Waals surface area contributed by atoms with Gasteiger partial charge in [0.15, 0.2) is 0 Å². The number of carbonyl (C=O) groups excluding carboxylic acids is 2. The number of benzene rings is 1. The van der Waals surface area contributed by atoms with Crippen LogP contribution in [0.5, 0.6) is 0 Å². The van der Waals surface area contributed by atoms with E-state index in [-0.39, 0.29) is 24.8 Å². The average molecular weight is 333 g/mol. The van der Waals surface area contributed by atoms with Gasteiger partial charge in [-0.25, -0.2) is 0 Å². The van der Waals surface area contributed by atoms with Crippen molar-refractivity contribution in [1.29, 1.82) is 0 Å². The van der Waals surface area contributed by atoms with E-state index in [1.54, 1.807) is 32.3 Å². The molecule has 1 unspecified atom stereocenters. The zero-order valence-corrected chi connectivity index (χ0v) is 13.6. The minimum atomic E-state index is -1.02. The molecule has 1 aromatic rings. The summed E-state index contributed by atoms with van der Waals surface area (Å²) in [5.74, 6) is -0.528. The van der Waals surface area contributed by atoms with Crippen molar-refractivity contribution < 1.29 is 14.7 Å². The summed E-state index contributed by atoms with van der Waals surface area (Å²) in [4.78, 5) is 26.2. The van der Waals surface area contributed by atoms with Gasteiger partial charge < -0.3 is 14.9 Å². The van der Waals surface area contributed by atoms with Gasteiger partial charge in [0, 0.05) is 31.2 Å². The minimum Gasteiger partial charge on any atom is -0.388 e. The van der Waals surface area contributed by atoms with E-state index >= 15 is 0 Å². The van der Waals surface area contributed by atoms with Gasteiger partial charge in [-0.1, -0.05) is 23.2 Å². The molecule has 0 spiro atoms. The van der Waals surface area contributed by atoms with Crippen LogP contribution in [-0.2, 0) is 9.59 Å². The van der Waals surface area contributed by atoms with E-state index in [4.69, 9.17) is 23.2 Å². The van der Waals surface area contributed by atoms with Crippen molar-refractivity contribution in [2.45, 2.75) is 12.5 Å². The van der Waals surface area contributed by atoms with Crippen molar-refractivity contribution in [2.24, 2.45) is 0 Å². The molecule has 0 fully saturated rings. The zero-order chi connectivity index (χ0) is 16.2. The number of rotatable bonds is 5. The summed E-state index contributed by atoms with van der Waals surface area (Å²) in [5, 5.41) is 10.8. The standard InChI is InChI=1S/C14H18Cl2N2O3/c1-17(2)14(21)8-18(3)13(20)7-12(19)9-4-10(15)6-11(16)5-9/h4-6,12,19H,7-8H2,1-3H3. The SMILES string of the molecule is CN(C)C(=O)CN(C)C(=O)CC(O)c1cc(Cl)cc(Cl)c1. The summed E-state index contributed by atoms with van der Waals surface area (Å²) in [6.45, 7) is -0.0329. The predicted octanol–water partition coefficient (Wildman–Crippen LogP) is 1.96. The van der Waals surface area contributed by atoms with Gasteiger partial charge in [-0.3, -0.25) is 9.59 Å². The van der Waals surface area contributed by atoms with Gasteiger partial charge >= 0.3 is 0 Å². The first kappa shape index (κ1) is 17.8. The average Bonchev–Trinajstić information content (AvgIpc) is 2.36. The molecule has 0 aliphatic rings. The lowest BCUT2D eigenvalue weighted by molar-refractivity contribution is -0.139. The van der Waals surface area contributed by atoms with E-state index in [1.165, 1.54) is 16.8 Å². The van der Waals surface area contributed by atoms with Crippen LogP contribution in [0.3, 0.4) is 0 Å². The Morgan fingerprint density at radius 3 is 2.10 bits per heavy atom. The van der Waals surface area contributed by atoms with Gasteiger partial charge in [-0.15, -0.1) is 0 Å². The fourth-order valence-electron chi connectivity index (χ4n) is 1.64. The molecule has 0 bridgehead atoms. The molecule has 2 amide bonds. The molecule has 0 saturated carbocycles. The molecule has 0 saturated heterocycles. The number of likely N-dealkylation sites (N-methyl/N-ethyl adjacent to an activating group) is 2. The Bertz CT molecular complexity index is 515. The van der Waals surface area contributed by atoms with E-state index in [0.717, 1.165) is 0 Å². The highest BCUT2D eigenvalue weighted by Gasteiger charge is 2.19. The Balaban J connectivity index is 2.67. The van der Waals surface area contributed by atoms with Crippen LogP contribution in [0.15, 0.2) is 18.2 Å². The Labute approximate surface area is 134 Å². The first-order chi connectivity index (χ1) is 9.70. The van der Waals surface area contributed by atoms with Crippen LogP contribution in [-0.4, -0.2) is 54.4 Å². The number of aliphatic hydroxyl groups excluding tert-OH is 1. The van der Waals surface area contributed by atoms with Crippen molar-refractivity contribution in [1.82, 2.24) is 9.80 Å². The zero-order valence-electron chi connectivity index (χ0n) is 12.1. The van der Waals surface area contributed by atoms with E-state index in [2.05, 4.69) is 0 Å². The van der Waals surface area contributed by atoms with E-state index in [1.807, 2.05) is 0 Å². The van der Waals surface area contributed by atoms with Crippen LogP contribution in [0.25, 0.3) is 0 Å². The maximum absolute atomic E-state index is 12.0. The number of halogens is 2. The molecular formula is C14H18Cl2N2O3. The topological polar surface area (TPSA) is 60.9 Å². The van der Waals surface area contributed by atoms with Crippen LogP contribution in [0.1, 0.15) is 18.1 Å². The fraction of sp³-hybridized carbons (Fsp3) is 0.429. The van der Waals surface area contributed by atoms with Gasteiger partial charge in [0.05, 0.1) is 19.1 Å². The maximum atomic E-state index is 12.0. The third-order valence-electron chi connectivity index (χ3n) is 2.93. The first-order valence-electron chi connectivity index (χ1n) is 6.29. The van der Waals surface area contributed by atoms with Gasteiger partial charge in [-0.05, 0) is 23.8 Å².